The number of piperazine rings is 1. The molecule has 0 radical (unpaired) electrons. The lowest BCUT2D eigenvalue weighted by Crippen LogP contribution is -2.65. The van der Waals surface area contributed by atoms with Gasteiger partial charge in [-0.3, -0.25) is 9.59 Å². The van der Waals surface area contributed by atoms with Gasteiger partial charge in [0, 0.05) is 6.54 Å². The van der Waals surface area contributed by atoms with Crippen LogP contribution in [-0.4, -0.2) is 35.3 Å². The Labute approximate surface area is 129 Å². The molecule has 4 nitrogen and oxygen atoms in total. The molecule has 1 saturated heterocycles. The molecule has 1 heterocycles. The lowest BCUT2D eigenvalue weighted by Gasteiger charge is -2.43. The molecule has 0 aliphatic carbocycles. The van der Waals surface area contributed by atoms with Crippen LogP contribution in [0.5, 0.6) is 0 Å². The van der Waals surface area contributed by atoms with Crippen molar-refractivity contribution in [2.24, 2.45) is 11.3 Å². The molecule has 1 aliphatic rings. The largest absolute Gasteiger partial charge is 0.343 e. The van der Waals surface area contributed by atoms with Crippen molar-refractivity contribution < 1.29 is 9.59 Å². The number of nitrogens with zero attached hydrogens (tertiary/aromatic N) is 1. The minimum absolute atomic E-state index is 0.0125. The van der Waals surface area contributed by atoms with Gasteiger partial charge >= 0.3 is 0 Å². The Kier molecular flexibility index (Phi) is 6.24. The molecule has 4 heteroatoms. The molecule has 0 aromatic heterocycles. The Morgan fingerprint density at radius 2 is 1.86 bits per heavy atom. The highest BCUT2D eigenvalue weighted by Gasteiger charge is 2.41. The molecule has 122 valence electrons. The summed E-state index contributed by atoms with van der Waals surface area (Å²) >= 11 is 0. The first-order chi connectivity index (χ1) is 9.69. The second-order valence-electron chi connectivity index (χ2n) is 7.51. The van der Waals surface area contributed by atoms with Crippen LogP contribution in [0.4, 0.5) is 0 Å². The quantitative estimate of drug-likeness (QED) is 0.734. The molecule has 2 unspecified atom stereocenters. The molecular formula is C17H32N2O2. The van der Waals surface area contributed by atoms with E-state index < -0.39 is 6.04 Å². The highest BCUT2D eigenvalue weighted by atomic mass is 16.2. The smallest absolute Gasteiger partial charge is 0.245 e. The van der Waals surface area contributed by atoms with E-state index in [9.17, 15) is 9.59 Å². The second-order valence-corrected chi connectivity index (χ2v) is 7.51. The van der Waals surface area contributed by atoms with Gasteiger partial charge < -0.3 is 10.2 Å². The maximum atomic E-state index is 12.5. The van der Waals surface area contributed by atoms with Crippen molar-refractivity contribution in [2.75, 3.05) is 6.54 Å². The van der Waals surface area contributed by atoms with Crippen LogP contribution in [0.1, 0.15) is 67.2 Å². The van der Waals surface area contributed by atoms with Gasteiger partial charge in [0.05, 0.1) is 0 Å². The van der Waals surface area contributed by atoms with Crippen molar-refractivity contribution in [3.8, 4) is 0 Å². The third kappa shape index (κ3) is 4.72. The monoisotopic (exact) mass is 296 g/mol. The Morgan fingerprint density at radius 3 is 2.38 bits per heavy atom. The number of unbranched alkanes of at least 4 members (excludes halogenated alkanes) is 2. The average Bonchev–Trinajstić information content (AvgIpc) is 2.35. The number of rotatable bonds is 7. The molecule has 0 bridgehead atoms. The number of carbonyl (C=O) groups excluding carboxylic acids is 2. The third-order valence-corrected chi connectivity index (χ3v) is 4.30. The van der Waals surface area contributed by atoms with E-state index in [4.69, 9.17) is 0 Å². The maximum absolute atomic E-state index is 12.5. The Morgan fingerprint density at radius 1 is 1.24 bits per heavy atom. The van der Waals surface area contributed by atoms with Crippen LogP contribution < -0.4 is 5.32 Å². The predicted octanol–water partition coefficient (Wildman–Crippen LogP) is 2.96. The molecule has 0 saturated carbocycles. The highest BCUT2D eigenvalue weighted by Crippen LogP contribution is 2.28. The molecule has 1 fully saturated rings. The summed E-state index contributed by atoms with van der Waals surface area (Å²) < 4.78 is 0. The molecule has 21 heavy (non-hydrogen) atoms. The minimum atomic E-state index is -0.404. The molecule has 0 aromatic carbocycles. The Bertz CT molecular complexity index is 377. The van der Waals surface area contributed by atoms with E-state index in [-0.39, 0.29) is 29.2 Å². The predicted molar refractivity (Wildman–Crippen MR) is 85.9 cm³/mol. The van der Waals surface area contributed by atoms with E-state index in [1.165, 1.54) is 19.3 Å². The summed E-state index contributed by atoms with van der Waals surface area (Å²) in [5.41, 5.74) is 0.0509. The summed E-state index contributed by atoms with van der Waals surface area (Å²) in [6.07, 6.45) is 4.69. The van der Waals surface area contributed by atoms with E-state index in [2.05, 4.69) is 26.1 Å². The topological polar surface area (TPSA) is 49.4 Å². The zero-order valence-electron chi connectivity index (χ0n) is 14.5. The van der Waals surface area contributed by atoms with Gasteiger partial charge in [-0.25, -0.2) is 0 Å². The number of hydrogen-bond donors (Lipinski definition) is 1. The zero-order chi connectivity index (χ0) is 16.2. The maximum Gasteiger partial charge on any atom is 0.245 e. The third-order valence-electron chi connectivity index (χ3n) is 4.30. The summed E-state index contributed by atoms with van der Waals surface area (Å²) in [4.78, 5) is 26.6. The number of carbonyl (C=O) groups is 2. The lowest BCUT2D eigenvalue weighted by atomic mass is 9.84. The summed E-state index contributed by atoms with van der Waals surface area (Å²) in [5.74, 6) is 0.172. The van der Waals surface area contributed by atoms with Gasteiger partial charge in [0.15, 0.2) is 0 Å². The first-order valence-electron chi connectivity index (χ1n) is 8.30. The summed E-state index contributed by atoms with van der Waals surface area (Å²) in [5, 5.41) is 2.80. The van der Waals surface area contributed by atoms with Gasteiger partial charge in [-0.15, -0.1) is 0 Å². The van der Waals surface area contributed by atoms with Crippen molar-refractivity contribution in [3.63, 3.8) is 0 Å². The fourth-order valence-electron chi connectivity index (χ4n) is 3.12. The van der Waals surface area contributed by atoms with Gasteiger partial charge in [0.1, 0.15) is 12.1 Å². The van der Waals surface area contributed by atoms with Crippen molar-refractivity contribution in [2.45, 2.75) is 79.3 Å². The number of nitrogens with one attached hydrogen (secondary N) is 1. The van der Waals surface area contributed by atoms with Crippen LogP contribution in [0.25, 0.3) is 0 Å². The van der Waals surface area contributed by atoms with E-state index in [1.807, 2.05) is 18.7 Å². The Hall–Kier alpha value is -1.06. The van der Waals surface area contributed by atoms with E-state index in [0.29, 0.717) is 6.54 Å². The molecule has 0 spiro atoms. The lowest BCUT2D eigenvalue weighted by molar-refractivity contribution is -0.152. The van der Waals surface area contributed by atoms with E-state index in [1.54, 1.807) is 6.92 Å². The van der Waals surface area contributed by atoms with Crippen LogP contribution in [0.3, 0.4) is 0 Å². The zero-order valence-corrected chi connectivity index (χ0v) is 14.5. The number of amides is 2. The van der Waals surface area contributed by atoms with Crippen molar-refractivity contribution in [1.82, 2.24) is 10.2 Å². The van der Waals surface area contributed by atoms with Gasteiger partial charge in [-0.05, 0) is 24.7 Å². The van der Waals surface area contributed by atoms with Gasteiger partial charge in [-0.2, -0.15) is 0 Å². The first kappa shape index (κ1) is 18.0. The van der Waals surface area contributed by atoms with Crippen molar-refractivity contribution in [3.05, 3.63) is 0 Å². The summed E-state index contributed by atoms with van der Waals surface area (Å²) in [6.45, 7) is 13.0. The molecule has 1 N–H and O–H groups in total. The first-order valence-corrected chi connectivity index (χ1v) is 8.30. The molecule has 2 atom stereocenters. The van der Waals surface area contributed by atoms with Crippen LogP contribution in [-0.2, 0) is 9.59 Å². The van der Waals surface area contributed by atoms with Gasteiger partial charge in [0.25, 0.3) is 0 Å². The average molecular weight is 296 g/mol. The van der Waals surface area contributed by atoms with E-state index >= 15 is 0 Å². The number of hydrogen-bond acceptors (Lipinski definition) is 2. The molecule has 0 aromatic rings. The minimum Gasteiger partial charge on any atom is -0.343 e. The Balaban J connectivity index is 2.83. The normalized spacial score (nSPS) is 23.7. The van der Waals surface area contributed by atoms with Gasteiger partial charge in [0.2, 0.25) is 11.8 Å². The van der Waals surface area contributed by atoms with Crippen LogP contribution in [0.2, 0.25) is 0 Å². The summed E-state index contributed by atoms with van der Waals surface area (Å²) in [7, 11) is 0. The van der Waals surface area contributed by atoms with E-state index in [0.717, 1.165) is 6.42 Å². The molecular weight excluding hydrogens is 264 g/mol. The molecule has 1 aliphatic heterocycles. The SMILES string of the molecule is CCCCCC(C)(C)CN1C(=O)C(C)NC(=O)C1C(C)C. The van der Waals surface area contributed by atoms with Crippen molar-refractivity contribution in [1.29, 1.82) is 0 Å². The van der Waals surface area contributed by atoms with Crippen LogP contribution >= 0.6 is 0 Å². The standard InChI is InChI=1S/C17H32N2O2/c1-7-8-9-10-17(5,6)11-19-14(12(2)3)15(20)18-13(4)16(19)21/h12-14H,7-11H2,1-6H3,(H,18,20). The fourth-order valence-corrected chi connectivity index (χ4v) is 3.12. The van der Waals surface area contributed by atoms with Crippen LogP contribution in [0, 0.1) is 11.3 Å². The van der Waals surface area contributed by atoms with Crippen molar-refractivity contribution >= 4 is 11.8 Å². The molecule has 2 amide bonds. The second kappa shape index (κ2) is 7.28. The highest BCUT2D eigenvalue weighted by molar-refractivity contribution is 5.96. The summed E-state index contributed by atoms with van der Waals surface area (Å²) in [6, 6.07) is -0.738. The van der Waals surface area contributed by atoms with Crippen LogP contribution in [0.15, 0.2) is 0 Å². The molecule has 1 rings (SSSR count). The fraction of sp³-hybridized carbons (Fsp3) is 0.882. The van der Waals surface area contributed by atoms with Gasteiger partial charge in [-0.1, -0.05) is 53.9 Å².